The lowest BCUT2D eigenvalue weighted by atomic mass is 9.99. The third-order valence-electron chi connectivity index (χ3n) is 3.72. The molecule has 2 rings (SSSR count). The maximum atomic E-state index is 12.6. The Morgan fingerprint density at radius 1 is 1.56 bits per heavy atom. The molecule has 1 aliphatic rings. The molecule has 1 aliphatic heterocycles. The molecule has 18 heavy (non-hydrogen) atoms. The fraction of sp³-hybridized carbons (Fsp3) is 0.750. The predicted molar refractivity (Wildman–Crippen MR) is 65.4 cm³/mol. The molecular formula is C12H20F2N4. The van der Waals surface area contributed by atoms with Gasteiger partial charge in [0.2, 0.25) is 0 Å². The molecule has 1 aromatic rings. The zero-order valence-electron chi connectivity index (χ0n) is 10.8. The molecular weight excluding hydrogens is 238 g/mol. The summed E-state index contributed by atoms with van der Waals surface area (Å²) in [5.41, 5.74) is 0. The third kappa shape index (κ3) is 3.05. The number of hydrogen-bond donors (Lipinski definition) is 1. The quantitative estimate of drug-likeness (QED) is 0.894. The van der Waals surface area contributed by atoms with E-state index in [1.54, 1.807) is 0 Å². The lowest BCUT2D eigenvalue weighted by Crippen LogP contribution is -2.45. The van der Waals surface area contributed by atoms with Gasteiger partial charge in [-0.3, -0.25) is 4.57 Å². The maximum absolute atomic E-state index is 12.6. The molecule has 0 aromatic carbocycles. The minimum atomic E-state index is -2.51. The highest BCUT2D eigenvalue weighted by molar-refractivity contribution is 4.93. The van der Waals surface area contributed by atoms with Crippen molar-refractivity contribution in [1.82, 2.24) is 19.8 Å². The van der Waals surface area contributed by atoms with Gasteiger partial charge in [-0.2, -0.15) is 8.78 Å². The van der Waals surface area contributed by atoms with Crippen LogP contribution in [-0.4, -0.2) is 40.1 Å². The lowest BCUT2D eigenvalue weighted by molar-refractivity contribution is 0.0661. The summed E-state index contributed by atoms with van der Waals surface area (Å²) in [6, 6.07) is 0.921. The van der Waals surface area contributed by atoms with Crippen molar-refractivity contribution < 1.29 is 8.78 Å². The molecule has 0 saturated carbocycles. The van der Waals surface area contributed by atoms with Crippen molar-refractivity contribution in [1.29, 1.82) is 0 Å². The summed E-state index contributed by atoms with van der Waals surface area (Å²) in [7, 11) is 2.12. The number of hydrogen-bond acceptors (Lipinski definition) is 3. The highest BCUT2D eigenvalue weighted by Crippen LogP contribution is 2.16. The van der Waals surface area contributed by atoms with E-state index in [2.05, 4.69) is 29.2 Å². The number of alkyl halides is 2. The van der Waals surface area contributed by atoms with Gasteiger partial charge in [0, 0.05) is 24.5 Å². The zero-order chi connectivity index (χ0) is 13.1. The van der Waals surface area contributed by atoms with Gasteiger partial charge in [0.1, 0.15) is 5.82 Å². The number of rotatable bonds is 4. The van der Waals surface area contributed by atoms with Gasteiger partial charge in [0.05, 0.1) is 6.54 Å². The molecule has 1 N–H and O–H groups in total. The van der Waals surface area contributed by atoms with Gasteiger partial charge in [0.15, 0.2) is 0 Å². The van der Waals surface area contributed by atoms with E-state index < -0.39 is 6.55 Å². The van der Waals surface area contributed by atoms with E-state index in [4.69, 9.17) is 0 Å². The molecule has 2 heterocycles. The Morgan fingerprint density at radius 3 is 3.00 bits per heavy atom. The molecule has 0 aliphatic carbocycles. The van der Waals surface area contributed by atoms with Crippen LogP contribution < -0.4 is 5.32 Å². The van der Waals surface area contributed by atoms with E-state index in [9.17, 15) is 8.78 Å². The average molecular weight is 258 g/mol. The Kier molecular flexibility index (Phi) is 4.29. The molecule has 2 unspecified atom stereocenters. The van der Waals surface area contributed by atoms with Crippen LogP contribution >= 0.6 is 0 Å². The van der Waals surface area contributed by atoms with Gasteiger partial charge >= 0.3 is 6.55 Å². The zero-order valence-corrected chi connectivity index (χ0v) is 10.8. The summed E-state index contributed by atoms with van der Waals surface area (Å²) in [5.74, 6) is 0.400. The van der Waals surface area contributed by atoms with Gasteiger partial charge in [0.25, 0.3) is 0 Å². The summed E-state index contributed by atoms with van der Waals surface area (Å²) < 4.78 is 26.2. The lowest BCUT2D eigenvalue weighted by Gasteiger charge is -2.35. The van der Waals surface area contributed by atoms with E-state index >= 15 is 0 Å². The van der Waals surface area contributed by atoms with Crippen LogP contribution in [0.5, 0.6) is 0 Å². The number of likely N-dealkylation sites (tertiary alicyclic amines) is 1. The molecule has 0 radical (unpaired) electrons. The number of nitrogens with one attached hydrogen (secondary N) is 1. The minimum Gasteiger partial charge on any atom is -0.307 e. The number of nitrogens with zero attached hydrogens (tertiary/aromatic N) is 3. The SMILES string of the molecule is CC1CC(NCc2nccn2C(F)F)CCN1C. The van der Waals surface area contributed by atoms with Crippen LogP contribution in [0.15, 0.2) is 12.4 Å². The second-order valence-corrected chi connectivity index (χ2v) is 4.96. The number of imidazole rings is 1. The first-order valence-corrected chi connectivity index (χ1v) is 6.31. The molecule has 1 fully saturated rings. The van der Waals surface area contributed by atoms with Crippen LogP contribution in [-0.2, 0) is 6.54 Å². The first-order chi connectivity index (χ1) is 8.58. The van der Waals surface area contributed by atoms with Gasteiger partial charge in [-0.1, -0.05) is 0 Å². The molecule has 0 spiro atoms. The Hall–Kier alpha value is -1.01. The van der Waals surface area contributed by atoms with Crippen molar-refractivity contribution in [3.05, 3.63) is 18.2 Å². The van der Waals surface area contributed by atoms with Crippen molar-refractivity contribution in [3.63, 3.8) is 0 Å². The van der Waals surface area contributed by atoms with E-state index in [1.165, 1.54) is 12.4 Å². The monoisotopic (exact) mass is 258 g/mol. The normalized spacial score (nSPS) is 25.8. The summed E-state index contributed by atoms with van der Waals surface area (Å²) in [6.45, 7) is 1.12. The molecule has 102 valence electrons. The predicted octanol–water partition coefficient (Wildman–Crippen LogP) is 1.85. The molecule has 0 bridgehead atoms. The molecule has 2 atom stereocenters. The number of aromatic nitrogens is 2. The summed E-state index contributed by atoms with van der Waals surface area (Å²) in [4.78, 5) is 6.28. The second kappa shape index (κ2) is 5.75. The van der Waals surface area contributed by atoms with Crippen molar-refractivity contribution in [3.8, 4) is 0 Å². The largest absolute Gasteiger partial charge is 0.319 e. The van der Waals surface area contributed by atoms with Crippen LogP contribution in [0.2, 0.25) is 0 Å². The third-order valence-corrected chi connectivity index (χ3v) is 3.72. The Labute approximate surface area is 106 Å². The topological polar surface area (TPSA) is 33.1 Å². The van der Waals surface area contributed by atoms with Crippen LogP contribution in [0.4, 0.5) is 8.78 Å². The number of halogens is 2. The van der Waals surface area contributed by atoms with E-state index in [0.717, 1.165) is 24.0 Å². The van der Waals surface area contributed by atoms with Gasteiger partial charge in [-0.15, -0.1) is 0 Å². The Morgan fingerprint density at radius 2 is 2.33 bits per heavy atom. The number of piperidine rings is 1. The van der Waals surface area contributed by atoms with Crippen molar-refractivity contribution in [2.75, 3.05) is 13.6 Å². The van der Waals surface area contributed by atoms with E-state index in [-0.39, 0.29) is 0 Å². The molecule has 6 heteroatoms. The second-order valence-electron chi connectivity index (χ2n) is 4.96. The summed E-state index contributed by atoms with van der Waals surface area (Å²) >= 11 is 0. The standard InChI is InChI=1S/C12H20F2N4/c1-9-7-10(3-5-17(9)2)16-8-11-15-4-6-18(11)12(13)14/h4,6,9-10,12,16H,3,5,7-8H2,1-2H3. The van der Waals surface area contributed by atoms with Gasteiger partial charge in [-0.25, -0.2) is 4.98 Å². The van der Waals surface area contributed by atoms with Gasteiger partial charge in [-0.05, 0) is 33.4 Å². The van der Waals surface area contributed by atoms with E-state index in [1.807, 2.05) is 0 Å². The molecule has 1 aromatic heterocycles. The first kappa shape index (κ1) is 13.4. The van der Waals surface area contributed by atoms with Crippen molar-refractivity contribution >= 4 is 0 Å². The van der Waals surface area contributed by atoms with Crippen LogP contribution in [0.25, 0.3) is 0 Å². The van der Waals surface area contributed by atoms with Gasteiger partial charge < -0.3 is 10.2 Å². The first-order valence-electron chi connectivity index (χ1n) is 6.31. The fourth-order valence-electron chi connectivity index (χ4n) is 2.37. The maximum Gasteiger partial charge on any atom is 0.319 e. The highest BCUT2D eigenvalue weighted by atomic mass is 19.3. The van der Waals surface area contributed by atoms with Crippen LogP contribution in [0.1, 0.15) is 32.1 Å². The molecule has 1 saturated heterocycles. The van der Waals surface area contributed by atoms with Crippen LogP contribution in [0, 0.1) is 0 Å². The minimum absolute atomic E-state index is 0.388. The highest BCUT2D eigenvalue weighted by Gasteiger charge is 2.22. The average Bonchev–Trinajstić information content (AvgIpc) is 2.79. The Bertz CT molecular complexity index is 380. The van der Waals surface area contributed by atoms with Crippen LogP contribution in [0.3, 0.4) is 0 Å². The Balaban J connectivity index is 1.86. The van der Waals surface area contributed by atoms with E-state index in [0.29, 0.717) is 24.5 Å². The molecule has 0 amide bonds. The fourth-order valence-corrected chi connectivity index (χ4v) is 2.37. The van der Waals surface area contributed by atoms with Crippen molar-refractivity contribution in [2.45, 2.75) is 44.9 Å². The summed E-state index contributed by atoms with van der Waals surface area (Å²) in [5, 5.41) is 3.33. The van der Waals surface area contributed by atoms with Crippen molar-refractivity contribution in [2.24, 2.45) is 0 Å². The smallest absolute Gasteiger partial charge is 0.307 e. The summed E-state index contributed by atoms with van der Waals surface area (Å²) in [6.07, 6.45) is 4.83. The molecule has 4 nitrogen and oxygen atoms in total.